The summed E-state index contributed by atoms with van der Waals surface area (Å²) in [5.41, 5.74) is 0. The smallest absolute Gasteiger partial charge is 0.329 e. The van der Waals surface area contributed by atoms with Crippen molar-refractivity contribution in [2.45, 2.75) is 25.7 Å². The third kappa shape index (κ3) is 30.4. The van der Waals surface area contributed by atoms with Gasteiger partial charge in [0.25, 0.3) is 0 Å². The van der Waals surface area contributed by atoms with Gasteiger partial charge < -0.3 is 19.7 Å². The maximum absolute atomic E-state index is 9.90. The molecule has 0 bridgehead atoms. The molecule has 0 aliphatic rings. The summed E-state index contributed by atoms with van der Waals surface area (Å²) >= 11 is 0. The van der Waals surface area contributed by atoms with E-state index in [1.54, 1.807) is 0 Å². The Morgan fingerprint density at radius 1 is 0.818 bits per heavy atom. The van der Waals surface area contributed by atoms with Gasteiger partial charge in [-0.2, -0.15) is 0 Å². The number of hydrogen-bond acceptors (Lipinski definition) is 6. The predicted octanol–water partition coefficient (Wildman–Crippen LogP) is 1.41. The highest BCUT2D eigenvalue weighted by Crippen LogP contribution is 1.98. The lowest BCUT2D eigenvalue weighted by molar-refractivity contribution is -0.139. The lowest BCUT2D eigenvalue weighted by Crippen LogP contribution is -1.97. The first-order valence-corrected chi connectivity index (χ1v) is 6.09. The molecule has 0 aliphatic carbocycles. The van der Waals surface area contributed by atoms with E-state index in [1.165, 1.54) is 14.2 Å². The van der Waals surface area contributed by atoms with Crippen LogP contribution in [0.4, 0.5) is 0 Å². The number of methoxy groups -OCH3 is 2. The van der Waals surface area contributed by atoms with Gasteiger partial charge in [0, 0.05) is 25.0 Å². The van der Waals surface area contributed by atoms with Crippen LogP contribution in [0.15, 0.2) is 25.3 Å². The molecular weight excluding hydrogens is 296 g/mol. The van der Waals surface area contributed by atoms with Crippen LogP contribution >= 0.6 is 0 Å². The zero-order valence-electron chi connectivity index (χ0n) is 12.7. The van der Waals surface area contributed by atoms with Crippen LogP contribution in [0.3, 0.4) is 0 Å². The number of carboxylic acids is 2. The summed E-state index contributed by atoms with van der Waals surface area (Å²) in [6.07, 6.45) is 3.24. The van der Waals surface area contributed by atoms with Crippen molar-refractivity contribution in [3.8, 4) is 0 Å². The van der Waals surface area contributed by atoms with Gasteiger partial charge in [0.15, 0.2) is 0 Å². The van der Waals surface area contributed by atoms with Crippen LogP contribution in [0.25, 0.3) is 0 Å². The number of ether oxygens (including phenoxy) is 2. The van der Waals surface area contributed by atoms with Crippen LogP contribution in [0.5, 0.6) is 0 Å². The number of esters is 2. The highest BCUT2D eigenvalue weighted by molar-refractivity contribution is 5.81. The highest BCUT2D eigenvalue weighted by Gasteiger charge is 1.99. The molecule has 126 valence electrons. The van der Waals surface area contributed by atoms with Crippen molar-refractivity contribution in [1.82, 2.24) is 0 Å². The number of unbranched alkanes of at least 4 members (excludes halogenated alkanes) is 1. The molecule has 0 aromatic heterocycles. The van der Waals surface area contributed by atoms with Crippen LogP contribution in [-0.4, -0.2) is 48.3 Å². The van der Waals surface area contributed by atoms with Crippen LogP contribution < -0.4 is 0 Å². The maximum Gasteiger partial charge on any atom is 0.329 e. The number of carbonyl (C=O) groups excluding carboxylic acids is 2. The van der Waals surface area contributed by atoms with Gasteiger partial charge in [-0.15, -0.1) is 0 Å². The molecule has 22 heavy (non-hydrogen) atoms. The van der Waals surface area contributed by atoms with E-state index in [9.17, 15) is 19.2 Å². The lowest BCUT2D eigenvalue weighted by atomic mass is 10.2. The number of aliphatic carboxylic acids is 2. The third-order valence-electron chi connectivity index (χ3n) is 1.77. The van der Waals surface area contributed by atoms with E-state index in [2.05, 4.69) is 22.6 Å². The molecule has 0 saturated heterocycles. The SMILES string of the molecule is C=CC(=O)OC.C=CC(=O)OC.O=C(O)CCCCC(=O)O. The standard InChI is InChI=1S/C6H10O4.2C4H6O2/c7-5(8)3-1-2-4-6(9)10;2*1-3-4(5)6-2/h1-4H2,(H,7,8)(H,9,10);2*3H,1H2,2H3. The topological polar surface area (TPSA) is 127 Å². The zero-order valence-corrected chi connectivity index (χ0v) is 12.7. The average molecular weight is 318 g/mol. The van der Waals surface area contributed by atoms with Crippen LogP contribution in [-0.2, 0) is 28.7 Å². The van der Waals surface area contributed by atoms with Crippen molar-refractivity contribution in [3.05, 3.63) is 25.3 Å². The minimum Gasteiger partial charge on any atom is -0.481 e. The van der Waals surface area contributed by atoms with Gasteiger partial charge in [0.1, 0.15) is 0 Å². The van der Waals surface area contributed by atoms with Gasteiger partial charge in [-0.3, -0.25) is 9.59 Å². The lowest BCUT2D eigenvalue weighted by Gasteiger charge is -1.92. The van der Waals surface area contributed by atoms with E-state index in [0.29, 0.717) is 12.8 Å². The minimum absolute atomic E-state index is 0.0628. The molecule has 0 amide bonds. The Hall–Kier alpha value is -2.64. The summed E-state index contributed by atoms with van der Waals surface area (Å²) in [6.45, 7) is 6.31. The predicted molar refractivity (Wildman–Crippen MR) is 78.2 cm³/mol. The first-order chi connectivity index (χ1) is 10.2. The molecule has 8 nitrogen and oxygen atoms in total. The Labute approximate surface area is 129 Å². The summed E-state index contributed by atoms with van der Waals surface area (Å²) in [7, 11) is 2.62. The second kappa shape index (κ2) is 18.4. The quantitative estimate of drug-likeness (QED) is 0.409. The van der Waals surface area contributed by atoms with Gasteiger partial charge in [0.05, 0.1) is 14.2 Å². The molecule has 0 aliphatic heterocycles. The molecule has 0 unspecified atom stereocenters. The molecule has 0 aromatic carbocycles. The summed E-state index contributed by atoms with van der Waals surface area (Å²) in [4.78, 5) is 39.5. The molecule has 0 radical (unpaired) electrons. The van der Waals surface area contributed by atoms with Gasteiger partial charge in [0.2, 0.25) is 0 Å². The Bertz CT molecular complexity index is 337. The summed E-state index contributed by atoms with van der Waals surface area (Å²) in [5, 5.41) is 16.3. The Morgan fingerprint density at radius 2 is 1.09 bits per heavy atom. The van der Waals surface area contributed by atoms with E-state index < -0.39 is 23.9 Å². The van der Waals surface area contributed by atoms with E-state index in [1.807, 2.05) is 0 Å². The average Bonchev–Trinajstić information content (AvgIpc) is 2.50. The molecule has 8 heteroatoms. The van der Waals surface area contributed by atoms with Crippen molar-refractivity contribution in [2.75, 3.05) is 14.2 Å². The minimum atomic E-state index is -0.870. The second-order valence-corrected chi connectivity index (χ2v) is 3.45. The monoisotopic (exact) mass is 318 g/mol. The molecule has 0 saturated carbocycles. The molecule has 0 spiro atoms. The highest BCUT2D eigenvalue weighted by atomic mass is 16.5. The van der Waals surface area contributed by atoms with Gasteiger partial charge in [-0.05, 0) is 12.8 Å². The van der Waals surface area contributed by atoms with Gasteiger partial charge >= 0.3 is 23.9 Å². The zero-order chi connectivity index (χ0) is 18.0. The molecule has 0 rings (SSSR count). The Morgan fingerprint density at radius 3 is 1.18 bits per heavy atom. The van der Waals surface area contributed by atoms with E-state index in [4.69, 9.17) is 10.2 Å². The molecule has 0 aromatic rings. The van der Waals surface area contributed by atoms with Gasteiger partial charge in [-0.25, -0.2) is 9.59 Å². The van der Waals surface area contributed by atoms with E-state index in [0.717, 1.165) is 12.2 Å². The third-order valence-corrected chi connectivity index (χ3v) is 1.77. The van der Waals surface area contributed by atoms with E-state index in [-0.39, 0.29) is 12.8 Å². The van der Waals surface area contributed by atoms with Crippen LogP contribution in [0.1, 0.15) is 25.7 Å². The molecule has 2 N–H and O–H groups in total. The fourth-order valence-electron chi connectivity index (χ4n) is 0.719. The molecule has 0 fully saturated rings. The Balaban J connectivity index is -0.000000261. The van der Waals surface area contributed by atoms with Crippen molar-refractivity contribution in [1.29, 1.82) is 0 Å². The summed E-state index contributed by atoms with van der Waals surface area (Å²) < 4.78 is 8.28. The summed E-state index contributed by atoms with van der Waals surface area (Å²) in [6, 6.07) is 0. The van der Waals surface area contributed by atoms with Crippen molar-refractivity contribution < 1.29 is 38.9 Å². The second-order valence-electron chi connectivity index (χ2n) is 3.45. The van der Waals surface area contributed by atoms with Crippen molar-refractivity contribution >= 4 is 23.9 Å². The Kier molecular flexibility index (Phi) is 20.3. The molecule has 0 heterocycles. The fraction of sp³-hybridized carbons (Fsp3) is 0.429. The summed E-state index contributed by atoms with van der Waals surface area (Å²) in [5.74, 6) is -2.53. The number of carbonyl (C=O) groups is 4. The van der Waals surface area contributed by atoms with Crippen LogP contribution in [0, 0.1) is 0 Å². The number of carboxylic acid groups (broad SMARTS) is 2. The molecule has 0 atom stereocenters. The number of rotatable bonds is 7. The van der Waals surface area contributed by atoms with Gasteiger partial charge in [-0.1, -0.05) is 13.2 Å². The first kappa shape index (κ1) is 24.4. The molecular formula is C14H22O8. The normalized spacial score (nSPS) is 7.91. The largest absolute Gasteiger partial charge is 0.481 e. The van der Waals surface area contributed by atoms with Crippen LogP contribution in [0.2, 0.25) is 0 Å². The maximum atomic E-state index is 9.90. The van der Waals surface area contributed by atoms with E-state index >= 15 is 0 Å². The first-order valence-electron chi connectivity index (χ1n) is 6.09. The number of hydrogen-bond donors (Lipinski definition) is 2. The van der Waals surface area contributed by atoms with Crippen molar-refractivity contribution in [3.63, 3.8) is 0 Å². The van der Waals surface area contributed by atoms with Crippen molar-refractivity contribution in [2.24, 2.45) is 0 Å². The fourth-order valence-corrected chi connectivity index (χ4v) is 0.719.